The normalized spacial score (nSPS) is 19.1. The Labute approximate surface area is 98.7 Å². The first-order chi connectivity index (χ1) is 8.25. The highest BCUT2D eigenvalue weighted by molar-refractivity contribution is 6.04. The summed E-state index contributed by atoms with van der Waals surface area (Å²) >= 11 is 0. The quantitative estimate of drug-likeness (QED) is 0.815. The molecule has 1 aromatic carbocycles. The second-order valence-corrected chi connectivity index (χ2v) is 4.30. The second kappa shape index (κ2) is 3.86. The molecule has 1 aliphatic carbocycles. The lowest BCUT2D eigenvalue weighted by Gasteiger charge is -2.15. The Kier molecular flexibility index (Phi) is 2.34. The zero-order chi connectivity index (χ0) is 11.8. The van der Waals surface area contributed by atoms with E-state index in [-0.39, 0.29) is 12.2 Å². The maximum atomic E-state index is 11.9. The van der Waals surface area contributed by atoms with Crippen molar-refractivity contribution in [1.29, 1.82) is 0 Å². The Bertz CT molecular complexity index is 554. The molecule has 3 heteroatoms. The Morgan fingerprint density at radius 3 is 2.71 bits per heavy atom. The first kappa shape index (κ1) is 10.3. The average Bonchev–Trinajstić information content (AvgIpc) is 2.74. The van der Waals surface area contributed by atoms with Gasteiger partial charge >= 0.3 is 0 Å². The van der Waals surface area contributed by atoms with Gasteiger partial charge < -0.3 is 9.52 Å². The smallest absolute Gasteiger partial charge is 0.169 e. The Morgan fingerprint density at radius 1 is 1.18 bits per heavy atom. The van der Waals surface area contributed by atoms with E-state index >= 15 is 0 Å². The summed E-state index contributed by atoms with van der Waals surface area (Å²) in [5.41, 5.74) is 2.45. The Balaban J connectivity index is 2.13. The third-order valence-corrected chi connectivity index (χ3v) is 3.07. The number of aliphatic hydroxyl groups is 1. The fourth-order valence-electron chi connectivity index (χ4n) is 2.29. The third kappa shape index (κ3) is 1.68. The van der Waals surface area contributed by atoms with Crippen LogP contribution in [0.5, 0.6) is 0 Å². The molecule has 0 saturated heterocycles. The minimum atomic E-state index is -0.607. The molecule has 3 rings (SSSR count). The number of carbonyl (C=O) groups excluding carboxylic acids is 1. The van der Waals surface area contributed by atoms with Gasteiger partial charge in [-0.05, 0) is 5.56 Å². The van der Waals surface area contributed by atoms with Gasteiger partial charge in [0.05, 0.1) is 17.9 Å². The van der Waals surface area contributed by atoms with E-state index < -0.39 is 6.10 Å². The van der Waals surface area contributed by atoms with Gasteiger partial charge in [0.15, 0.2) is 5.78 Å². The van der Waals surface area contributed by atoms with Crippen molar-refractivity contribution in [2.24, 2.45) is 0 Å². The summed E-state index contributed by atoms with van der Waals surface area (Å²) in [6.07, 6.45) is 1.61. The predicted molar refractivity (Wildman–Crippen MR) is 62.8 cm³/mol. The summed E-state index contributed by atoms with van der Waals surface area (Å²) in [6, 6.07) is 9.68. The fourth-order valence-corrected chi connectivity index (χ4v) is 2.29. The number of ketones is 1. The lowest BCUT2D eigenvalue weighted by molar-refractivity contribution is 0.0839. The van der Waals surface area contributed by atoms with Gasteiger partial charge in [-0.1, -0.05) is 30.3 Å². The van der Waals surface area contributed by atoms with Crippen LogP contribution in [0.2, 0.25) is 0 Å². The lowest BCUT2D eigenvalue weighted by atomic mass is 9.90. The molecule has 0 aliphatic heterocycles. The van der Waals surface area contributed by atoms with Crippen molar-refractivity contribution in [2.75, 3.05) is 0 Å². The molecule has 86 valence electrons. The summed E-state index contributed by atoms with van der Waals surface area (Å²) in [5, 5.41) is 9.53. The Hall–Kier alpha value is -1.87. The highest BCUT2D eigenvalue weighted by Crippen LogP contribution is 2.33. The van der Waals surface area contributed by atoms with Gasteiger partial charge in [-0.2, -0.15) is 0 Å². The van der Waals surface area contributed by atoms with Crippen LogP contribution in [0.4, 0.5) is 0 Å². The molecule has 1 N–H and O–H groups in total. The van der Waals surface area contributed by atoms with Crippen LogP contribution >= 0.6 is 0 Å². The summed E-state index contributed by atoms with van der Waals surface area (Å²) in [6.45, 7) is 0. The van der Waals surface area contributed by atoms with E-state index in [0.29, 0.717) is 17.7 Å². The number of Topliss-reactive ketones (excluding diaryl/α,β-unsaturated/α-hetero) is 1. The van der Waals surface area contributed by atoms with E-state index in [1.165, 1.54) is 0 Å². The van der Waals surface area contributed by atoms with Gasteiger partial charge in [0, 0.05) is 18.4 Å². The molecule has 2 aromatic rings. The zero-order valence-electron chi connectivity index (χ0n) is 9.22. The lowest BCUT2D eigenvalue weighted by Crippen LogP contribution is -2.23. The molecule has 1 heterocycles. The van der Waals surface area contributed by atoms with Crippen LogP contribution in [0.1, 0.15) is 22.5 Å². The monoisotopic (exact) mass is 228 g/mol. The molecule has 0 saturated carbocycles. The summed E-state index contributed by atoms with van der Waals surface area (Å²) in [5.74, 6) is 0.568. The van der Waals surface area contributed by atoms with Crippen molar-refractivity contribution in [3.8, 4) is 11.1 Å². The standard InChI is InChI=1S/C14H12O3/c15-10-6-12(16)14-11(8-17-13(14)7-10)9-4-2-1-3-5-9/h1-5,8,10,15H,6-7H2. The van der Waals surface area contributed by atoms with E-state index in [1.807, 2.05) is 30.3 Å². The SMILES string of the molecule is O=C1CC(O)Cc2occ(-c3ccccc3)c21. The van der Waals surface area contributed by atoms with Gasteiger partial charge in [-0.15, -0.1) is 0 Å². The molecule has 0 spiro atoms. The van der Waals surface area contributed by atoms with Crippen molar-refractivity contribution in [3.05, 3.63) is 47.9 Å². The highest BCUT2D eigenvalue weighted by atomic mass is 16.3. The van der Waals surface area contributed by atoms with Crippen LogP contribution in [0, 0.1) is 0 Å². The Morgan fingerprint density at radius 2 is 1.94 bits per heavy atom. The van der Waals surface area contributed by atoms with Crippen LogP contribution in [-0.4, -0.2) is 17.0 Å². The molecule has 0 bridgehead atoms. The van der Waals surface area contributed by atoms with Crippen LogP contribution < -0.4 is 0 Å². The number of hydrogen-bond donors (Lipinski definition) is 1. The molecule has 0 radical (unpaired) electrons. The molecule has 0 amide bonds. The number of aliphatic hydroxyl groups excluding tert-OH is 1. The molecule has 3 nitrogen and oxygen atoms in total. The second-order valence-electron chi connectivity index (χ2n) is 4.30. The van der Waals surface area contributed by atoms with Crippen molar-refractivity contribution >= 4 is 5.78 Å². The maximum Gasteiger partial charge on any atom is 0.169 e. The van der Waals surface area contributed by atoms with Crippen LogP contribution in [0.15, 0.2) is 41.0 Å². The molecule has 1 aliphatic rings. The van der Waals surface area contributed by atoms with Gasteiger partial charge in [-0.25, -0.2) is 0 Å². The molecular formula is C14H12O3. The first-order valence-corrected chi connectivity index (χ1v) is 5.63. The molecule has 0 fully saturated rings. The van der Waals surface area contributed by atoms with Gasteiger partial charge in [0.2, 0.25) is 0 Å². The predicted octanol–water partition coefficient (Wildman–Crippen LogP) is 2.44. The van der Waals surface area contributed by atoms with Gasteiger partial charge in [-0.3, -0.25) is 4.79 Å². The van der Waals surface area contributed by atoms with Gasteiger partial charge in [0.25, 0.3) is 0 Å². The largest absolute Gasteiger partial charge is 0.468 e. The fraction of sp³-hybridized carbons (Fsp3) is 0.214. The van der Waals surface area contributed by atoms with Gasteiger partial charge in [0.1, 0.15) is 5.76 Å². The van der Waals surface area contributed by atoms with Crippen molar-refractivity contribution in [2.45, 2.75) is 18.9 Å². The number of carbonyl (C=O) groups is 1. The highest BCUT2D eigenvalue weighted by Gasteiger charge is 2.29. The van der Waals surface area contributed by atoms with E-state index in [1.54, 1.807) is 6.26 Å². The zero-order valence-corrected chi connectivity index (χ0v) is 9.22. The molecule has 1 unspecified atom stereocenters. The van der Waals surface area contributed by atoms with E-state index in [4.69, 9.17) is 4.42 Å². The number of benzene rings is 1. The number of furan rings is 1. The summed E-state index contributed by atoms with van der Waals surface area (Å²) in [4.78, 5) is 11.9. The number of rotatable bonds is 1. The third-order valence-electron chi connectivity index (χ3n) is 3.07. The summed E-state index contributed by atoms with van der Waals surface area (Å²) in [7, 11) is 0. The average molecular weight is 228 g/mol. The van der Waals surface area contributed by atoms with Crippen molar-refractivity contribution in [3.63, 3.8) is 0 Å². The van der Waals surface area contributed by atoms with Crippen molar-refractivity contribution in [1.82, 2.24) is 0 Å². The molecule has 1 aromatic heterocycles. The van der Waals surface area contributed by atoms with E-state index in [0.717, 1.165) is 11.1 Å². The molecule has 1 atom stereocenters. The van der Waals surface area contributed by atoms with E-state index in [2.05, 4.69) is 0 Å². The van der Waals surface area contributed by atoms with Crippen LogP contribution in [0.3, 0.4) is 0 Å². The topological polar surface area (TPSA) is 50.4 Å². The minimum absolute atomic E-state index is 0.0358. The number of hydrogen-bond acceptors (Lipinski definition) is 3. The first-order valence-electron chi connectivity index (χ1n) is 5.63. The minimum Gasteiger partial charge on any atom is -0.468 e. The van der Waals surface area contributed by atoms with Crippen LogP contribution in [0.25, 0.3) is 11.1 Å². The maximum absolute atomic E-state index is 11.9. The van der Waals surface area contributed by atoms with Crippen LogP contribution in [-0.2, 0) is 6.42 Å². The number of fused-ring (bicyclic) bond motifs is 1. The summed E-state index contributed by atoms with van der Waals surface area (Å²) < 4.78 is 5.40. The van der Waals surface area contributed by atoms with E-state index in [9.17, 15) is 9.90 Å². The molecular weight excluding hydrogens is 216 g/mol. The van der Waals surface area contributed by atoms with Crippen molar-refractivity contribution < 1.29 is 14.3 Å². The molecule has 17 heavy (non-hydrogen) atoms.